The number of hydrogen-bond donors (Lipinski definition) is 4. The van der Waals surface area contributed by atoms with Crippen LogP contribution in [0, 0.1) is 17.1 Å². The number of aliphatic hydroxyl groups excluding tert-OH is 1. The Morgan fingerprint density at radius 1 is 0.842 bits per heavy atom. The maximum Gasteiger partial charge on any atom is 0.251 e. The number of nitrogens with two attached hydrogens (primary N) is 1. The van der Waals surface area contributed by atoms with E-state index in [0.29, 0.717) is 24.0 Å². The molecule has 38 heavy (non-hydrogen) atoms. The Morgan fingerprint density at radius 2 is 1.55 bits per heavy atom. The van der Waals surface area contributed by atoms with E-state index in [4.69, 9.17) is 11.1 Å². The summed E-state index contributed by atoms with van der Waals surface area (Å²) in [6, 6.07) is 30.6. The highest BCUT2D eigenvalue weighted by Crippen LogP contribution is 2.22. The third kappa shape index (κ3) is 7.14. The first-order chi connectivity index (χ1) is 18.4. The molecule has 5 N–H and O–H groups in total. The fourth-order valence-electron chi connectivity index (χ4n) is 4.63. The third-order valence-electron chi connectivity index (χ3n) is 6.75. The monoisotopic (exact) mass is 509 g/mol. The molecule has 0 heterocycles. The zero-order valence-corrected chi connectivity index (χ0v) is 21.1. The van der Waals surface area contributed by atoms with Crippen molar-refractivity contribution in [1.29, 1.82) is 5.41 Å². The number of carbonyl (C=O) groups is 1. The molecule has 0 aliphatic rings. The van der Waals surface area contributed by atoms with Gasteiger partial charge < -0.3 is 16.2 Å². The van der Waals surface area contributed by atoms with Gasteiger partial charge in [-0.2, -0.15) is 0 Å². The van der Waals surface area contributed by atoms with Crippen LogP contribution < -0.4 is 11.1 Å². The van der Waals surface area contributed by atoms with Crippen LogP contribution in [-0.2, 0) is 12.8 Å². The molecule has 0 fully saturated rings. The van der Waals surface area contributed by atoms with E-state index in [9.17, 15) is 14.3 Å². The van der Waals surface area contributed by atoms with E-state index in [1.54, 1.807) is 36.4 Å². The average Bonchev–Trinajstić information content (AvgIpc) is 2.94. The Hall–Kier alpha value is -4.29. The van der Waals surface area contributed by atoms with Gasteiger partial charge in [0.15, 0.2) is 0 Å². The lowest BCUT2D eigenvalue weighted by Gasteiger charge is -2.27. The number of carbonyl (C=O) groups excluding carboxylic acids is 1. The Morgan fingerprint density at radius 3 is 2.24 bits per heavy atom. The van der Waals surface area contributed by atoms with Gasteiger partial charge in [-0.05, 0) is 71.8 Å². The SMILES string of the molecule is N=C(N)c1cccc(CC(CO)C(CCc2ccccc2)NC(=O)c2ccc(-c3cccc(F)c3)cc2)c1. The topological polar surface area (TPSA) is 99.2 Å². The molecule has 6 heteroatoms. The Balaban J connectivity index is 1.52. The molecular weight excluding hydrogens is 477 g/mol. The number of rotatable bonds is 11. The number of amidine groups is 1. The highest BCUT2D eigenvalue weighted by atomic mass is 19.1. The number of aryl methyl sites for hydroxylation is 1. The van der Waals surface area contributed by atoms with Gasteiger partial charge in [0.1, 0.15) is 11.7 Å². The van der Waals surface area contributed by atoms with E-state index in [0.717, 1.165) is 28.7 Å². The molecule has 2 unspecified atom stereocenters. The predicted octanol–water partition coefficient (Wildman–Crippen LogP) is 5.36. The number of nitrogen functional groups attached to an aromatic ring is 1. The molecule has 4 aromatic carbocycles. The first kappa shape index (κ1) is 26.8. The fraction of sp³-hybridized carbons (Fsp3) is 0.188. The molecule has 0 bridgehead atoms. The molecule has 0 spiro atoms. The number of benzene rings is 4. The Bertz CT molecular complexity index is 1370. The maximum atomic E-state index is 13.6. The van der Waals surface area contributed by atoms with Crippen LogP contribution in [0.4, 0.5) is 4.39 Å². The highest BCUT2D eigenvalue weighted by molar-refractivity contribution is 5.95. The van der Waals surface area contributed by atoms with Crippen molar-refractivity contribution in [2.75, 3.05) is 6.61 Å². The average molecular weight is 510 g/mol. The van der Waals surface area contributed by atoms with Crippen molar-refractivity contribution in [2.45, 2.75) is 25.3 Å². The van der Waals surface area contributed by atoms with Gasteiger partial charge in [0, 0.05) is 29.7 Å². The summed E-state index contributed by atoms with van der Waals surface area (Å²) in [5.74, 6) is -0.793. The number of nitrogens with one attached hydrogen (secondary N) is 2. The van der Waals surface area contributed by atoms with Crippen molar-refractivity contribution in [1.82, 2.24) is 5.32 Å². The van der Waals surface area contributed by atoms with E-state index >= 15 is 0 Å². The van der Waals surface area contributed by atoms with Crippen LogP contribution >= 0.6 is 0 Å². The normalized spacial score (nSPS) is 12.5. The minimum Gasteiger partial charge on any atom is -0.396 e. The lowest BCUT2D eigenvalue weighted by molar-refractivity contribution is 0.0898. The largest absolute Gasteiger partial charge is 0.396 e. The van der Waals surface area contributed by atoms with E-state index in [-0.39, 0.29) is 36.1 Å². The van der Waals surface area contributed by atoms with Gasteiger partial charge >= 0.3 is 0 Å². The summed E-state index contributed by atoms with van der Waals surface area (Å²) in [5, 5.41) is 21.2. The fourth-order valence-corrected chi connectivity index (χ4v) is 4.63. The minimum absolute atomic E-state index is 0.0111. The molecule has 0 aromatic heterocycles. The molecule has 0 saturated carbocycles. The van der Waals surface area contributed by atoms with Crippen LogP contribution in [-0.4, -0.2) is 29.5 Å². The molecule has 0 radical (unpaired) electrons. The Labute approximate surface area is 222 Å². The summed E-state index contributed by atoms with van der Waals surface area (Å²) >= 11 is 0. The van der Waals surface area contributed by atoms with Crippen molar-refractivity contribution in [3.8, 4) is 11.1 Å². The van der Waals surface area contributed by atoms with Crippen LogP contribution in [0.1, 0.15) is 33.5 Å². The van der Waals surface area contributed by atoms with E-state index in [1.165, 1.54) is 12.1 Å². The highest BCUT2D eigenvalue weighted by Gasteiger charge is 2.24. The zero-order valence-electron chi connectivity index (χ0n) is 21.1. The lowest BCUT2D eigenvalue weighted by Crippen LogP contribution is -2.43. The molecule has 1 amide bonds. The number of halogens is 1. The van der Waals surface area contributed by atoms with Crippen molar-refractivity contribution < 1.29 is 14.3 Å². The van der Waals surface area contributed by atoms with Crippen LogP contribution in [0.25, 0.3) is 11.1 Å². The second-order valence-electron chi connectivity index (χ2n) is 9.45. The molecule has 4 aromatic rings. The van der Waals surface area contributed by atoms with Crippen LogP contribution in [0.5, 0.6) is 0 Å². The van der Waals surface area contributed by atoms with Gasteiger partial charge in [-0.3, -0.25) is 10.2 Å². The van der Waals surface area contributed by atoms with E-state index in [2.05, 4.69) is 5.32 Å². The lowest BCUT2D eigenvalue weighted by atomic mass is 9.88. The first-order valence-electron chi connectivity index (χ1n) is 12.7. The molecular formula is C32H32FN3O2. The molecule has 4 rings (SSSR count). The summed E-state index contributed by atoms with van der Waals surface area (Å²) in [6.07, 6.45) is 1.92. The van der Waals surface area contributed by atoms with Crippen molar-refractivity contribution >= 4 is 11.7 Å². The second kappa shape index (κ2) is 12.8. The quantitative estimate of drug-likeness (QED) is 0.162. The maximum absolute atomic E-state index is 13.6. The van der Waals surface area contributed by atoms with Gasteiger partial charge in [0.2, 0.25) is 0 Å². The van der Waals surface area contributed by atoms with E-state index < -0.39 is 0 Å². The van der Waals surface area contributed by atoms with Gasteiger partial charge in [0.25, 0.3) is 5.91 Å². The number of aliphatic hydroxyl groups is 1. The summed E-state index contributed by atoms with van der Waals surface area (Å²) in [6.45, 7) is -0.109. The zero-order chi connectivity index (χ0) is 26.9. The molecule has 0 aliphatic carbocycles. The van der Waals surface area contributed by atoms with Gasteiger partial charge in [0.05, 0.1) is 0 Å². The minimum atomic E-state index is -0.311. The number of hydrogen-bond acceptors (Lipinski definition) is 3. The van der Waals surface area contributed by atoms with Crippen LogP contribution in [0.3, 0.4) is 0 Å². The summed E-state index contributed by atoms with van der Waals surface area (Å²) in [4.78, 5) is 13.3. The molecule has 194 valence electrons. The molecule has 0 saturated heterocycles. The summed E-state index contributed by atoms with van der Waals surface area (Å²) in [7, 11) is 0. The molecule has 5 nitrogen and oxygen atoms in total. The predicted molar refractivity (Wildman–Crippen MR) is 150 cm³/mol. The first-order valence-corrected chi connectivity index (χ1v) is 12.7. The van der Waals surface area contributed by atoms with Gasteiger partial charge in [-0.1, -0.05) is 72.8 Å². The Kier molecular flexibility index (Phi) is 9.01. The van der Waals surface area contributed by atoms with Crippen molar-refractivity contribution in [2.24, 2.45) is 11.7 Å². The molecule has 0 aliphatic heterocycles. The van der Waals surface area contributed by atoms with Crippen LogP contribution in [0.15, 0.2) is 103 Å². The second-order valence-corrected chi connectivity index (χ2v) is 9.45. The van der Waals surface area contributed by atoms with Crippen molar-refractivity contribution in [3.05, 3.63) is 131 Å². The summed E-state index contributed by atoms with van der Waals surface area (Å²) < 4.78 is 13.6. The number of amides is 1. The third-order valence-corrected chi connectivity index (χ3v) is 6.75. The van der Waals surface area contributed by atoms with Crippen molar-refractivity contribution in [3.63, 3.8) is 0 Å². The smallest absolute Gasteiger partial charge is 0.251 e. The van der Waals surface area contributed by atoms with Gasteiger partial charge in [-0.25, -0.2) is 4.39 Å². The summed E-state index contributed by atoms with van der Waals surface area (Å²) in [5.41, 5.74) is 10.4. The molecule has 2 atom stereocenters. The standard InChI is InChI=1S/C32H32FN3O2/c33-29-11-5-9-26(20-29)24-13-15-25(16-14-24)32(38)36-30(17-12-22-6-2-1-3-7-22)28(21-37)19-23-8-4-10-27(18-23)31(34)35/h1-11,13-16,18,20,28,30,37H,12,17,19,21H2,(H3,34,35)(H,36,38). The van der Waals surface area contributed by atoms with Gasteiger partial charge in [-0.15, -0.1) is 0 Å². The van der Waals surface area contributed by atoms with E-state index in [1.807, 2.05) is 54.6 Å². The van der Waals surface area contributed by atoms with Crippen LogP contribution in [0.2, 0.25) is 0 Å².